The number of nitrogens with zero attached hydrogens (tertiary/aromatic N) is 2. The zero-order valence-electron chi connectivity index (χ0n) is 12.3. The molecule has 6 nitrogen and oxygen atoms in total. The van der Waals surface area contributed by atoms with Crippen LogP contribution in [0.1, 0.15) is 11.6 Å². The van der Waals surface area contributed by atoms with E-state index in [1.807, 2.05) is 16.8 Å². The van der Waals surface area contributed by atoms with Crippen LogP contribution in [-0.2, 0) is 4.79 Å². The standard InChI is InChI=1S/C15H23N3O3/c1-17(10-11-19)14(12-2-4-13(20)5-3-12)15(21)18-8-6-16-7-9-18/h2-5,14,16,19-20H,6-11H2,1H3. The molecule has 1 aromatic carbocycles. The van der Waals surface area contributed by atoms with Crippen molar-refractivity contribution in [2.24, 2.45) is 0 Å². The molecular weight excluding hydrogens is 270 g/mol. The van der Waals surface area contributed by atoms with Crippen LogP contribution in [0.3, 0.4) is 0 Å². The summed E-state index contributed by atoms with van der Waals surface area (Å²) < 4.78 is 0. The van der Waals surface area contributed by atoms with Crippen LogP contribution < -0.4 is 5.32 Å². The minimum Gasteiger partial charge on any atom is -0.508 e. The first-order valence-corrected chi connectivity index (χ1v) is 7.23. The van der Waals surface area contributed by atoms with Gasteiger partial charge in [-0.05, 0) is 24.7 Å². The van der Waals surface area contributed by atoms with Crippen molar-refractivity contribution in [3.8, 4) is 5.75 Å². The van der Waals surface area contributed by atoms with Gasteiger partial charge in [0.05, 0.1) is 6.61 Å². The zero-order chi connectivity index (χ0) is 15.2. The fourth-order valence-electron chi connectivity index (χ4n) is 2.59. The number of amides is 1. The minimum absolute atomic E-state index is 0.0000802. The maximum Gasteiger partial charge on any atom is 0.244 e. The molecule has 1 heterocycles. The fraction of sp³-hybridized carbons (Fsp3) is 0.533. The van der Waals surface area contributed by atoms with Crippen molar-refractivity contribution in [1.29, 1.82) is 0 Å². The normalized spacial score (nSPS) is 17.0. The first-order valence-electron chi connectivity index (χ1n) is 7.23. The van der Waals surface area contributed by atoms with Gasteiger partial charge in [0.2, 0.25) is 5.91 Å². The van der Waals surface area contributed by atoms with Crippen LogP contribution in [0.15, 0.2) is 24.3 Å². The molecule has 0 aromatic heterocycles. The quantitative estimate of drug-likeness (QED) is 0.700. The third-order valence-electron chi connectivity index (χ3n) is 3.76. The lowest BCUT2D eigenvalue weighted by molar-refractivity contribution is -0.137. The largest absolute Gasteiger partial charge is 0.508 e. The number of rotatable bonds is 5. The van der Waals surface area contributed by atoms with Gasteiger partial charge in [-0.25, -0.2) is 0 Å². The van der Waals surface area contributed by atoms with Gasteiger partial charge in [0.1, 0.15) is 11.8 Å². The Hall–Kier alpha value is -1.63. The van der Waals surface area contributed by atoms with Gasteiger partial charge in [0.25, 0.3) is 0 Å². The van der Waals surface area contributed by atoms with Crippen molar-refractivity contribution in [3.05, 3.63) is 29.8 Å². The maximum atomic E-state index is 12.8. The second-order valence-electron chi connectivity index (χ2n) is 5.27. The molecule has 3 N–H and O–H groups in total. The molecule has 1 fully saturated rings. The van der Waals surface area contributed by atoms with Crippen molar-refractivity contribution >= 4 is 5.91 Å². The smallest absolute Gasteiger partial charge is 0.244 e. The summed E-state index contributed by atoms with van der Waals surface area (Å²) in [6.07, 6.45) is 0. The lowest BCUT2D eigenvalue weighted by Crippen LogP contribution is -2.50. The van der Waals surface area contributed by atoms with E-state index in [9.17, 15) is 9.90 Å². The fourth-order valence-corrected chi connectivity index (χ4v) is 2.59. The summed E-state index contributed by atoms with van der Waals surface area (Å²) in [6.45, 7) is 3.42. The zero-order valence-corrected chi connectivity index (χ0v) is 12.3. The number of benzene rings is 1. The third-order valence-corrected chi connectivity index (χ3v) is 3.76. The number of phenols is 1. The second-order valence-corrected chi connectivity index (χ2v) is 5.27. The number of aromatic hydroxyl groups is 1. The molecular formula is C15H23N3O3. The van der Waals surface area contributed by atoms with E-state index in [4.69, 9.17) is 5.11 Å². The number of phenolic OH excluding ortho intramolecular Hbond substituents is 1. The maximum absolute atomic E-state index is 12.8. The predicted molar refractivity (Wildman–Crippen MR) is 80.0 cm³/mol. The highest BCUT2D eigenvalue weighted by Crippen LogP contribution is 2.24. The van der Waals surface area contributed by atoms with E-state index in [0.29, 0.717) is 19.6 Å². The summed E-state index contributed by atoms with van der Waals surface area (Å²) in [5.74, 6) is 0.218. The van der Waals surface area contributed by atoms with Gasteiger partial charge in [0.15, 0.2) is 0 Å². The number of hydrogen-bond acceptors (Lipinski definition) is 5. The van der Waals surface area contributed by atoms with Gasteiger partial charge in [-0.3, -0.25) is 9.69 Å². The highest BCUT2D eigenvalue weighted by atomic mass is 16.3. The molecule has 0 saturated carbocycles. The topological polar surface area (TPSA) is 76.0 Å². The lowest BCUT2D eigenvalue weighted by Gasteiger charge is -2.34. The number of likely N-dealkylation sites (N-methyl/N-ethyl adjacent to an activating group) is 1. The molecule has 0 radical (unpaired) electrons. The van der Waals surface area contributed by atoms with E-state index in [1.54, 1.807) is 24.3 Å². The molecule has 1 aliphatic rings. The van der Waals surface area contributed by atoms with Crippen LogP contribution in [0.25, 0.3) is 0 Å². The molecule has 1 amide bonds. The number of aliphatic hydroxyl groups excluding tert-OH is 1. The van der Waals surface area contributed by atoms with E-state index in [1.165, 1.54) is 0 Å². The molecule has 1 aliphatic heterocycles. The van der Waals surface area contributed by atoms with Crippen LogP contribution in [0.5, 0.6) is 5.75 Å². The lowest BCUT2D eigenvalue weighted by atomic mass is 10.0. The van der Waals surface area contributed by atoms with Crippen LogP contribution in [0.4, 0.5) is 0 Å². The van der Waals surface area contributed by atoms with E-state index in [0.717, 1.165) is 18.7 Å². The molecule has 1 saturated heterocycles. The number of aliphatic hydroxyl groups is 1. The Kier molecular flexibility index (Phi) is 5.55. The highest BCUT2D eigenvalue weighted by Gasteiger charge is 2.29. The first-order chi connectivity index (χ1) is 10.1. The van der Waals surface area contributed by atoms with Crippen LogP contribution in [0.2, 0.25) is 0 Å². The molecule has 2 rings (SSSR count). The van der Waals surface area contributed by atoms with Gasteiger partial charge in [-0.1, -0.05) is 12.1 Å². The number of hydrogen-bond donors (Lipinski definition) is 3. The number of piperazine rings is 1. The Morgan fingerprint density at radius 2 is 1.95 bits per heavy atom. The van der Waals surface area contributed by atoms with E-state index in [2.05, 4.69) is 5.32 Å². The Balaban J connectivity index is 2.22. The van der Waals surface area contributed by atoms with Crippen LogP contribution in [-0.4, -0.2) is 72.3 Å². The Morgan fingerprint density at radius 3 is 2.52 bits per heavy atom. The molecule has 116 valence electrons. The Bertz CT molecular complexity index is 458. The van der Waals surface area contributed by atoms with Crippen molar-refractivity contribution in [3.63, 3.8) is 0 Å². The minimum atomic E-state index is -0.434. The summed E-state index contributed by atoms with van der Waals surface area (Å²) in [7, 11) is 1.83. The summed E-state index contributed by atoms with van der Waals surface area (Å²) in [5, 5.41) is 21.8. The average molecular weight is 293 g/mol. The molecule has 1 unspecified atom stereocenters. The molecule has 21 heavy (non-hydrogen) atoms. The number of carbonyl (C=O) groups is 1. The van der Waals surface area contributed by atoms with Crippen molar-refractivity contribution < 1.29 is 15.0 Å². The average Bonchev–Trinajstić information content (AvgIpc) is 2.50. The van der Waals surface area contributed by atoms with Gasteiger partial charge in [-0.15, -0.1) is 0 Å². The summed E-state index contributed by atoms with van der Waals surface area (Å²) in [6, 6.07) is 6.25. The third kappa shape index (κ3) is 3.93. The summed E-state index contributed by atoms with van der Waals surface area (Å²) >= 11 is 0. The SMILES string of the molecule is CN(CCO)C(C(=O)N1CCNCC1)c1ccc(O)cc1. The number of carbonyl (C=O) groups excluding carboxylic acids is 1. The van der Waals surface area contributed by atoms with Gasteiger partial charge >= 0.3 is 0 Å². The van der Waals surface area contributed by atoms with E-state index >= 15 is 0 Å². The monoisotopic (exact) mass is 293 g/mol. The molecule has 0 aliphatic carbocycles. The molecule has 1 atom stereocenters. The van der Waals surface area contributed by atoms with Crippen LogP contribution >= 0.6 is 0 Å². The van der Waals surface area contributed by atoms with E-state index < -0.39 is 6.04 Å². The molecule has 1 aromatic rings. The van der Waals surface area contributed by atoms with Crippen molar-refractivity contribution in [2.45, 2.75) is 6.04 Å². The highest BCUT2D eigenvalue weighted by molar-refractivity contribution is 5.83. The second kappa shape index (κ2) is 7.40. The van der Waals surface area contributed by atoms with E-state index in [-0.39, 0.29) is 18.3 Å². The predicted octanol–water partition coefficient (Wildman–Crippen LogP) is -0.211. The number of nitrogens with one attached hydrogen (secondary N) is 1. The van der Waals surface area contributed by atoms with Crippen LogP contribution in [0, 0.1) is 0 Å². The summed E-state index contributed by atoms with van der Waals surface area (Å²) in [5.41, 5.74) is 0.826. The Labute approximate surface area is 125 Å². The van der Waals surface area contributed by atoms with Crippen molar-refractivity contribution in [1.82, 2.24) is 15.1 Å². The van der Waals surface area contributed by atoms with Gasteiger partial charge < -0.3 is 20.4 Å². The summed E-state index contributed by atoms with van der Waals surface area (Å²) in [4.78, 5) is 16.5. The van der Waals surface area contributed by atoms with Gasteiger partial charge in [0, 0.05) is 32.7 Å². The molecule has 0 bridgehead atoms. The van der Waals surface area contributed by atoms with Gasteiger partial charge in [-0.2, -0.15) is 0 Å². The molecule has 0 spiro atoms. The molecule has 6 heteroatoms. The Morgan fingerprint density at radius 1 is 1.33 bits per heavy atom. The first kappa shape index (κ1) is 15.8. The van der Waals surface area contributed by atoms with Crippen molar-refractivity contribution in [2.75, 3.05) is 46.4 Å².